The average molecular weight is 471 g/mol. The second kappa shape index (κ2) is 12.3. The molecule has 0 spiro atoms. The molecule has 180 valence electrons. The van der Waals surface area contributed by atoms with E-state index in [1.165, 1.54) is 17.2 Å². The molecular weight excluding hydrogens is 440 g/mol. The Hall–Kier alpha value is -4.24. The number of nitrogens with one attached hydrogen (secondary N) is 1. The van der Waals surface area contributed by atoms with Gasteiger partial charge >= 0.3 is 0 Å². The summed E-state index contributed by atoms with van der Waals surface area (Å²) in [4.78, 5) is 12.7. The van der Waals surface area contributed by atoms with E-state index in [0.29, 0.717) is 48.3 Å². The predicted molar refractivity (Wildman–Crippen MR) is 138 cm³/mol. The van der Waals surface area contributed by atoms with Gasteiger partial charge in [-0.1, -0.05) is 35.4 Å². The van der Waals surface area contributed by atoms with Crippen LogP contribution >= 0.6 is 0 Å². The number of benzene rings is 3. The van der Waals surface area contributed by atoms with Gasteiger partial charge < -0.3 is 19.5 Å². The number of aryl methyl sites for hydroxylation is 2. The highest BCUT2D eigenvalue weighted by atomic mass is 16.5. The van der Waals surface area contributed by atoms with Crippen LogP contribution < -0.4 is 19.5 Å². The Balaban J connectivity index is 1.75. The zero-order chi connectivity index (χ0) is 25.2. The van der Waals surface area contributed by atoms with Crippen molar-refractivity contribution in [3.05, 3.63) is 88.5 Å². The number of hydrogen-bond donors (Lipinski definition) is 1. The summed E-state index contributed by atoms with van der Waals surface area (Å²) in [6.07, 6.45) is 1.53. The molecule has 3 aromatic carbocycles. The maximum atomic E-state index is 12.7. The van der Waals surface area contributed by atoms with E-state index in [-0.39, 0.29) is 5.57 Å². The molecule has 0 heterocycles. The summed E-state index contributed by atoms with van der Waals surface area (Å²) in [5.74, 6) is 1.37. The third kappa shape index (κ3) is 7.38. The van der Waals surface area contributed by atoms with Gasteiger partial charge in [0.15, 0.2) is 11.5 Å². The molecule has 3 aromatic rings. The van der Waals surface area contributed by atoms with Gasteiger partial charge in [0.2, 0.25) is 0 Å². The molecule has 3 rings (SSSR count). The van der Waals surface area contributed by atoms with Crippen LogP contribution in [0.4, 0.5) is 5.69 Å². The standard InChI is InChI=1S/C29H30N2O4/c1-5-33-26-10-8-25(9-11-26)31-29(32)24(18-30)16-22-7-12-27(28(17-22)34-6-2)35-19-23-14-20(3)13-21(4)15-23/h7-17H,5-6,19H2,1-4H3,(H,31,32)/b24-16+. The number of anilines is 1. The largest absolute Gasteiger partial charge is 0.494 e. The molecule has 0 saturated carbocycles. The third-order valence-electron chi connectivity index (χ3n) is 5.04. The number of carbonyl (C=O) groups excluding carboxylic acids is 1. The molecule has 35 heavy (non-hydrogen) atoms. The highest BCUT2D eigenvalue weighted by Gasteiger charge is 2.12. The Morgan fingerprint density at radius 1 is 0.886 bits per heavy atom. The zero-order valence-corrected chi connectivity index (χ0v) is 20.6. The lowest BCUT2D eigenvalue weighted by Crippen LogP contribution is -2.13. The summed E-state index contributed by atoms with van der Waals surface area (Å²) >= 11 is 0. The van der Waals surface area contributed by atoms with Crippen LogP contribution in [-0.2, 0) is 11.4 Å². The normalized spacial score (nSPS) is 10.9. The van der Waals surface area contributed by atoms with Crippen molar-refractivity contribution in [3.8, 4) is 23.3 Å². The lowest BCUT2D eigenvalue weighted by atomic mass is 10.1. The number of nitrogens with zero attached hydrogens (tertiary/aromatic N) is 1. The number of amides is 1. The smallest absolute Gasteiger partial charge is 0.266 e. The van der Waals surface area contributed by atoms with Crippen molar-refractivity contribution in [2.75, 3.05) is 18.5 Å². The first-order valence-electron chi connectivity index (χ1n) is 11.5. The van der Waals surface area contributed by atoms with Gasteiger partial charge in [-0.25, -0.2) is 0 Å². The monoisotopic (exact) mass is 470 g/mol. The van der Waals surface area contributed by atoms with Crippen molar-refractivity contribution < 1.29 is 19.0 Å². The molecule has 0 bridgehead atoms. The topological polar surface area (TPSA) is 80.6 Å². The molecule has 1 N–H and O–H groups in total. The SMILES string of the molecule is CCOc1ccc(NC(=O)/C(C#N)=C/c2ccc(OCc3cc(C)cc(C)c3)c(OCC)c2)cc1. The van der Waals surface area contributed by atoms with Crippen LogP contribution in [0.2, 0.25) is 0 Å². The third-order valence-corrected chi connectivity index (χ3v) is 5.04. The van der Waals surface area contributed by atoms with E-state index in [1.807, 2.05) is 19.9 Å². The second-order valence-electron chi connectivity index (χ2n) is 8.01. The number of rotatable bonds is 10. The fourth-order valence-electron chi connectivity index (χ4n) is 3.63. The Morgan fingerprint density at radius 3 is 2.20 bits per heavy atom. The highest BCUT2D eigenvalue weighted by molar-refractivity contribution is 6.09. The Morgan fingerprint density at radius 2 is 1.57 bits per heavy atom. The van der Waals surface area contributed by atoms with E-state index in [0.717, 1.165) is 5.56 Å². The molecule has 6 nitrogen and oxygen atoms in total. The summed E-state index contributed by atoms with van der Waals surface area (Å²) in [7, 11) is 0. The molecular formula is C29H30N2O4. The van der Waals surface area contributed by atoms with E-state index in [4.69, 9.17) is 14.2 Å². The summed E-state index contributed by atoms with van der Waals surface area (Å²) < 4.78 is 17.2. The fourth-order valence-corrected chi connectivity index (χ4v) is 3.63. The van der Waals surface area contributed by atoms with Gasteiger partial charge in [-0.05, 0) is 81.3 Å². The molecule has 0 aliphatic carbocycles. The van der Waals surface area contributed by atoms with Crippen molar-refractivity contribution in [2.45, 2.75) is 34.3 Å². The molecule has 6 heteroatoms. The zero-order valence-electron chi connectivity index (χ0n) is 20.6. The lowest BCUT2D eigenvalue weighted by molar-refractivity contribution is -0.112. The number of hydrogen-bond acceptors (Lipinski definition) is 5. The molecule has 0 fully saturated rings. The van der Waals surface area contributed by atoms with Crippen LogP contribution in [0.15, 0.2) is 66.2 Å². The van der Waals surface area contributed by atoms with Gasteiger partial charge in [0.1, 0.15) is 24.0 Å². The van der Waals surface area contributed by atoms with E-state index in [1.54, 1.807) is 42.5 Å². The fraction of sp³-hybridized carbons (Fsp3) is 0.241. The Labute approximate surface area is 206 Å². The molecule has 0 aromatic heterocycles. The van der Waals surface area contributed by atoms with Crippen molar-refractivity contribution in [1.29, 1.82) is 5.26 Å². The quantitative estimate of drug-likeness (QED) is 0.281. The van der Waals surface area contributed by atoms with Crippen LogP contribution in [0.25, 0.3) is 6.08 Å². The molecule has 0 aliphatic rings. The van der Waals surface area contributed by atoms with Crippen LogP contribution in [0.1, 0.15) is 36.1 Å². The number of ether oxygens (including phenoxy) is 3. The van der Waals surface area contributed by atoms with Crippen molar-refractivity contribution in [2.24, 2.45) is 0 Å². The van der Waals surface area contributed by atoms with Crippen LogP contribution in [0.3, 0.4) is 0 Å². The summed E-state index contributed by atoms with van der Waals surface area (Å²) in [6, 6.07) is 20.6. The molecule has 0 aliphatic heterocycles. The highest BCUT2D eigenvalue weighted by Crippen LogP contribution is 2.30. The Bertz CT molecular complexity index is 1220. The summed E-state index contributed by atoms with van der Waals surface area (Å²) in [6.45, 7) is 9.33. The van der Waals surface area contributed by atoms with Crippen molar-refractivity contribution in [1.82, 2.24) is 0 Å². The van der Waals surface area contributed by atoms with E-state index in [2.05, 4.69) is 37.4 Å². The van der Waals surface area contributed by atoms with E-state index in [9.17, 15) is 10.1 Å². The molecule has 0 unspecified atom stereocenters. The average Bonchev–Trinajstić information content (AvgIpc) is 2.83. The van der Waals surface area contributed by atoms with Crippen LogP contribution in [0, 0.1) is 25.2 Å². The van der Waals surface area contributed by atoms with Gasteiger partial charge in [-0.3, -0.25) is 4.79 Å². The van der Waals surface area contributed by atoms with Gasteiger partial charge in [0, 0.05) is 5.69 Å². The molecule has 0 atom stereocenters. The summed E-state index contributed by atoms with van der Waals surface area (Å²) in [5, 5.41) is 12.3. The van der Waals surface area contributed by atoms with E-state index >= 15 is 0 Å². The molecule has 0 radical (unpaired) electrons. The molecule has 1 amide bonds. The van der Waals surface area contributed by atoms with Crippen molar-refractivity contribution in [3.63, 3.8) is 0 Å². The Kier molecular flexibility index (Phi) is 8.91. The first-order chi connectivity index (χ1) is 16.9. The summed E-state index contributed by atoms with van der Waals surface area (Å²) in [5.41, 5.74) is 4.65. The maximum Gasteiger partial charge on any atom is 0.266 e. The van der Waals surface area contributed by atoms with Gasteiger partial charge in [-0.15, -0.1) is 0 Å². The van der Waals surface area contributed by atoms with Crippen LogP contribution in [-0.4, -0.2) is 19.1 Å². The second-order valence-corrected chi connectivity index (χ2v) is 8.01. The first-order valence-corrected chi connectivity index (χ1v) is 11.5. The minimum atomic E-state index is -0.496. The number of nitriles is 1. The molecule has 0 saturated heterocycles. The van der Waals surface area contributed by atoms with E-state index < -0.39 is 5.91 Å². The lowest BCUT2D eigenvalue weighted by Gasteiger charge is -2.13. The van der Waals surface area contributed by atoms with Crippen LogP contribution in [0.5, 0.6) is 17.2 Å². The predicted octanol–water partition coefficient (Wildman–Crippen LogP) is 6.23. The van der Waals surface area contributed by atoms with Gasteiger partial charge in [0.05, 0.1) is 13.2 Å². The minimum Gasteiger partial charge on any atom is -0.494 e. The first kappa shape index (κ1) is 25.4. The number of carbonyl (C=O) groups is 1. The minimum absolute atomic E-state index is 0.0229. The van der Waals surface area contributed by atoms with Crippen molar-refractivity contribution >= 4 is 17.7 Å². The van der Waals surface area contributed by atoms with Gasteiger partial charge in [0.25, 0.3) is 5.91 Å². The maximum absolute atomic E-state index is 12.7. The van der Waals surface area contributed by atoms with Gasteiger partial charge in [-0.2, -0.15) is 5.26 Å².